The molecule has 0 saturated carbocycles. The van der Waals surface area contributed by atoms with Crippen LogP contribution in [0.2, 0.25) is 0 Å². The second kappa shape index (κ2) is 2.01. The van der Waals surface area contributed by atoms with E-state index in [0.29, 0.717) is 5.82 Å². The van der Waals surface area contributed by atoms with E-state index >= 15 is 0 Å². The Morgan fingerprint density at radius 3 is 2.83 bits per heavy atom. The first kappa shape index (κ1) is 7.61. The van der Waals surface area contributed by atoms with Crippen LogP contribution in [0.3, 0.4) is 0 Å². The third-order valence-electron chi connectivity index (χ3n) is 2.72. The predicted molar refractivity (Wildman–Crippen MR) is 45.4 cm³/mol. The molecule has 0 unspecified atom stereocenters. The fraction of sp³-hybridized carbons (Fsp3) is 0.625. The predicted octanol–water partition coefficient (Wildman–Crippen LogP) is 0.937. The number of nitrogen functional groups attached to an aromatic ring is 1. The van der Waals surface area contributed by atoms with Crippen LogP contribution in [0.1, 0.15) is 25.2 Å². The first-order valence-electron chi connectivity index (χ1n) is 3.99. The molecule has 1 aromatic heterocycles. The van der Waals surface area contributed by atoms with Crippen LogP contribution >= 0.6 is 0 Å². The van der Waals surface area contributed by atoms with Gasteiger partial charge in [-0.3, -0.25) is 4.90 Å². The maximum absolute atomic E-state index is 5.64. The Hall–Kier alpha value is -1.03. The van der Waals surface area contributed by atoms with Gasteiger partial charge >= 0.3 is 0 Å². The molecule has 0 spiro atoms. The van der Waals surface area contributed by atoms with Crippen molar-refractivity contribution < 1.29 is 4.52 Å². The lowest BCUT2D eigenvalue weighted by atomic mass is 10.0. The minimum Gasteiger partial charge on any atom is -0.381 e. The second-order valence-corrected chi connectivity index (χ2v) is 3.79. The summed E-state index contributed by atoms with van der Waals surface area (Å²) < 4.78 is 5.18. The molecule has 2 rings (SSSR count). The summed E-state index contributed by atoms with van der Waals surface area (Å²) in [5, 5.41) is 3.74. The lowest BCUT2D eigenvalue weighted by molar-refractivity contribution is 0.143. The summed E-state index contributed by atoms with van der Waals surface area (Å²) in [5.74, 6) is 1.44. The van der Waals surface area contributed by atoms with E-state index < -0.39 is 0 Å². The average molecular weight is 167 g/mol. The highest BCUT2D eigenvalue weighted by Gasteiger charge is 2.40. The maximum atomic E-state index is 5.64. The van der Waals surface area contributed by atoms with Gasteiger partial charge in [0.25, 0.3) is 0 Å². The Bertz CT molecular complexity index is 316. The van der Waals surface area contributed by atoms with E-state index in [0.717, 1.165) is 17.9 Å². The molecule has 66 valence electrons. The fourth-order valence-corrected chi connectivity index (χ4v) is 1.56. The summed E-state index contributed by atoms with van der Waals surface area (Å²) in [6.45, 7) is 5.03. The minimum atomic E-state index is -0.0695. The van der Waals surface area contributed by atoms with Gasteiger partial charge in [0, 0.05) is 6.54 Å². The molecule has 12 heavy (non-hydrogen) atoms. The number of fused-ring (bicyclic) bond motifs is 1. The minimum absolute atomic E-state index is 0.0695. The molecule has 2 heterocycles. The Labute approximate surface area is 71.3 Å². The molecule has 0 radical (unpaired) electrons. The number of aromatic nitrogens is 1. The second-order valence-electron chi connectivity index (χ2n) is 3.79. The highest BCUT2D eigenvalue weighted by Crippen LogP contribution is 2.39. The summed E-state index contributed by atoms with van der Waals surface area (Å²) in [5.41, 5.74) is 6.62. The van der Waals surface area contributed by atoms with Gasteiger partial charge in [0.1, 0.15) is 0 Å². The third-order valence-corrected chi connectivity index (χ3v) is 2.72. The number of nitrogens with two attached hydrogens (primary N) is 1. The van der Waals surface area contributed by atoms with Crippen molar-refractivity contribution in [3.63, 3.8) is 0 Å². The summed E-state index contributed by atoms with van der Waals surface area (Å²) >= 11 is 0. The number of hydrogen-bond donors (Lipinski definition) is 1. The Morgan fingerprint density at radius 2 is 2.25 bits per heavy atom. The van der Waals surface area contributed by atoms with Gasteiger partial charge in [-0.15, -0.1) is 0 Å². The van der Waals surface area contributed by atoms with E-state index in [1.807, 2.05) is 0 Å². The fourth-order valence-electron chi connectivity index (χ4n) is 1.56. The zero-order valence-electron chi connectivity index (χ0n) is 7.59. The van der Waals surface area contributed by atoms with Crippen LogP contribution in [0.4, 0.5) is 5.82 Å². The zero-order valence-corrected chi connectivity index (χ0v) is 7.59. The smallest absolute Gasteiger partial charge is 0.171 e. The summed E-state index contributed by atoms with van der Waals surface area (Å²) in [6, 6.07) is 0. The normalized spacial score (nSPS) is 21.2. The van der Waals surface area contributed by atoms with Gasteiger partial charge in [-0.1, -0.05) is 5.16 Å². The van der Waals surface area contributed by atoms with Crippen molar-refractivity contribution in [3.8, 4) is 0 Å². The molecule has 4 heteroatoms. The van der Waals surface area contributed by atoms with E-state index in [1.165, 1.54) is 0 Å². The maximum Gasteiger partial charge on any atom is 0.171 e. The summed E-state index contributed by atoms with van der Waals surface area (Å²) in [6.07, 6.45) is 0. The monoisotopic (exact) mass is 167 g/mol. The van der Waals surface area contributed by atoms with E-state index in [9.17, 15) is 0 Å². The molecule has 0 bridgehead atoms. The average Bonchev–Trinajstić information content (AvgIpc) is 2.41. The molecule has 0 aromatic carbocycles. The van der Waals surface area contributed by atoms with Gasteiger partial charge in [0.2, 0.25) is 0 Å². The molecule has 1 aliphatic heterocycles. The van der Waals surface area contributed by atoms with Gasteiger partial charge in [-0.05, 0) is 20.9 Å². The van der Waals surface area contributed by atoms with Gasteiger partial charge < -0.3 is 10.3 Å². The Balaban J connectivity index is 2.56. The largest absolute Gasteiger partial charge is 0.381 e. The van der Waals surface area contributed by atoms with E-state index in [1.54, 1.807) is 0 Å². The van der Waals surface area contributed by atoms with E-state index in [-0.39, 0.29) is 5.54 Å². The molecular formula is C8H13N3O. The first-order valence-corrected chi connectivity index (χ1v) is 3.99. The van der Waals surface area contributed by atoms with Crippen molar-refractivity contribution in [2.24, 2.45) is 0 Å². The van der Waals surface area contributed by atoms with Gasteiger partial charge in [-0.25, -0.2) is 0 Å². The van der Waals surface area contributed by atoms with Crippen LogP contribution in [0.15, 0.2) is 4.52 Å². The number of nitrogens with zero attached hydrogens (tertiary/aromatic N) is 2. The third kappa shape index (κ3) is 0.728. The molecule has 0 fully saturated rings. The standard InChI is InChI=1S/C8H13N3O/c1-8(2)6-5(4-11(8)3)7(9)10-12-6/h4H2,1-3H3,(H2,9,10). The Morgan fingerprint density at radius 1 is 1.58 bits per heavy atom. The SMILES string of the molecule is CN1Cc2c(N)noc2C1(C)C. The number of rotatable bonds is 0. The first-order chi connectivity index (χ1) is 5.53. The molecule has 0 atom stereocenters. The molecule has 4 nitrogen and oxygen atoms in total. The van der Waals surface area contributed by atoms with Crippen LogP contribution in [0.5, 0.6) is 0 Å². The van der Waals surface area contributed by atoms with Crippen LogP contribution in [-0.2, 0) is 12.1 Å². The molecule has 0 saturated heterocycles. The van der Waals surface area contributed by atoms with Crippen LogP contribution in [-0.4, -0.2) is 17.1 Å². The molecule has 2 N–H and O–H groups in total. The van der Waals surface area contributed by atoms with Crippen molar-refractivity contribution in [3.05, 3.63) is 11.3 Å². The van der Waals surface area contributed by atoms with Crippen LogP contribution in [0, 0.1) is 0 Å². The highest BCUT2D eigenvalue weighted by molar-refractivity contribution is 5.45. The van der Waals surface area contributed by atoms with E-state index in [4.69, 9.17) is 10.3 Å². The molecule has 0 amide bonds. The number of hydrogen-bond acceptors (Lipinski definition) is 4. The number of anilines is 1. The summed E-state index contributed by atoms with van der Waals surface area (Å²) in [7, 11) is 2.05. The van der Waals surface area contributed by atoms with Gasteiger partial charge in [-0.2, -0.15) is 0 Å². The van der Waals surface area contributed by atoms with Crippen molar-refractivity contribution in [1.82, 2.24) is 10.1 Å². The van der Waals surface area contributed by atoms with Gasteiger partial charge in [0.15, 0.2) is 11.6 Å². The van der Waals surface area contributed by atoms with E-state index in [2.05, 4.69) is 31.0 Å². The zero-order chi connectivity index (χ0) is 8.93. The Kier molecular flexibility index (Phi) is 1.28. The van der Waals surface area contributed by atoms with Crippen molar-refractivity contribution in [1.29, 1.82) is 0 Å². The lowest BCUT2D eigenvalue weighted by Crippen LogP contribution is -2.31. The summed E-state index contributed by atoms with van der Waals surface area (Å²) in [4.78, 5) is 2.19. The molecule has 0 aliphatic carbocycles. The van der Waals surface area contributed by atoms with Crippen molar-refractivity contribution >= 4 is 5.82 Å². The topological polar surface area (TPSA) is 55.3 Å². The highest BCUT2D eigenvalue weighted by atomic mass is 16.5. The molecule has 1 aromatic rings. The van der Waals surface area contributed by atoms with Gasteiger partial charge in [0.05, 0.1) is 11.1 Å². The van der Waals surface area contributed by atoms with Crippen molar-refractivity contribution in [2.45, 2.75) is 25.9 Å². The van der Waals surface area contributed by atoms with Crippen molar-refractivity contribution in [2.75, 3.05) is 12.8 Å². The molecule has 1 aliphatic rings. The quantitative estimate of drug-likeness (QED) is 0.624. The van der Waals surface area contributed by atoms with Crippen LogP contribution in [0.25, 0.3) is 0 Å². The van der Waals surface area contributed by atoms with Crippen LogP contribution < -0.4 is 5.73 Å². The lowest BCUT2D eigenvalue weighted by Gasteiger charge is -2.25. The molecular weight excluding hydrogens is 154 g/mol.